The fourth-order valence-electron chi connectivity index (χ4n) is 5.06. The molecule has 2 aliphatic rings. The van der Waals surface area contributed by atoms with Gasteiger partial charge in [-0.1, -0.05) is 35.5 Å². The summed E-state index contributed by atoms with van der Waals surface area (Å²) in [5, 5.41) is 7.20. The van der Waals surface area contributed by atoms with Crippen LogP contribution in [0, 0.1) is 12.8 Å². The normalized spacial score (nSPS) is 25.9. The predicted octanol–water partition coefficient (Wildman–Crippen LogP) is 2.13. The number of aromatic nitrogens is 4. The van der Waals surface area contributed by atoms with Crippen LogP contribution in [0.3, 0.4) is 0 Å². The van der Waals surface area contributed by atoms with Crippen molar-refractivity contribution in [2.75, 3.05) is 13.1 Å². The zero-order chi connectivity index (χ0) is 20.6. The molecule has 0 radical (unpaired) electrons. The zero-order valence-corrected chi connectivity index (χ0v) is 16.9. The minimum atomic E-state index is -0.236. The van der Waals surface area contributed by atoms with E-state index in [1.165, 1.54) is 11.9 Å². The topological polar surface area (TPSA) is 97.0 Å². The van der Waals surface area contributed by atoms with Crippen molar-refractivity contribution in [1.82, 2.24) is 30.3 Å². The lowest BCUT2D eigenvalue weighted by Crippen LogP contribution is -2.38. The highest BCUT2D eigenvalue weighted by Gasteiger charge is 2.57. The van der Waals surface area contributed by atoms with Crippen LogP contribution in [0.25, 0.3) is 0 Å². The van der Waals surface area contributed by atoms with Gasteiger partial charge in [-0.3, -0.25) is 9.69 Å². The number of hydrogen-bond donors (Lipinski definition) is 1. The number of carbonyl (C=O) groups excluding carboxylic acids is 1. The predicted molar refractivity (Wildman–Crippen MR) is 108 cm³/mol. The Hall–Kier alpha value is -3.13. The molecule has 1 N–H and O–H groups in total. The molecule has 2 fully saturated rings. The number of benzene rings is 1. The summed E-state index contributed by atoms with van der Waals surface area (Å²) >= 11 is 0. The largest absolute Gasteiger partial charge is 0.348 e. The quantitative estimate of drug-likeness (QED) is 0.696. The first-order valence-electron chi connectivity index (χ1n) is 10.3. The van der Waals surface area contributed by atoms with Crippen LogP contribution < -0.4 is 5.32 Å². The number of rotatable bonds is 5. The molecule has 0 bridgehead atoms. The number of nitrogens with zero attached hydrogens (tertiary/aromatic N) is 5. The third kappa shape index (κ3) is 3.47. The summed E-state index contributed by atoms with van der Waals surface area (Å²) in [5.74, 6) is 1.52. The van der Waals surface area contributed by atoms with Crippen LogP contribution in [0.5, 0.6) is 0 Å². The summed E-state index contributed by atoms with van der Waals surface area (Å²) in [4.78, 5) is 27.6. The van der Waals surface area contributed by atoms with Gasteiger partial charge >= 0.3 is 0 Å². The van der Waals surface area contributed by atoms with E-state index in [-0.39, 0.29) is 17.4 Å². The Labute approximate surface area is 174 Å². The number of amides is 1. The molecule has 5 rings (SSSR count). The minimum absolute atomic E-state index is 0.0450. The molecular weight excluding hydrogens is 380 g/mol. The summed E-state index contributed by atoms with van der Waals surface area (Å²) in [6, 6.07) is 12.2. The van der Waals surface area contributed by atoms with Gasteiger partial charge in [-0.05, 0) is 37.3 Å². The number of aryl methyl sites for hydroxylation is 1. The molecule has 3 atom stereocenters. The second-order valence-corrected chi connectivity index (χ2v) is 8.36. The molecule has 30 heavy (non-hydrogen) atoms. The molecule has 0 spiro atoms. The fourth-order valence-corrected chi connectivity index (χ4v) is 5.06. The molecule has 1 aromatic carbocycles. The lowest BCUT2D eigenvalue weighted by Gasteiger charge is -2.25. The first kappa shape index (κ1) is 18.9. The summed E-state index contributed by atoms with van der Waals surface area (Å²) in [6.45, 7) is 4.52. The van der Waals surface area contributed by atoms with Crippen LogP contribution in [0.2, 0.25) is 0 Å². The van der Waals surface area contributed by atoms with E-state index < -0.39 is 0 Å². The Kier molecular flexibility index (Phi) is 4.78. The van der Waals surface area contributed by atoms with Gasteiger partial charge in [0, 0.05) is 31.9 Å². The molecule has 3 heterocycles. The average molecular weight is 404 g/mol. The number of likely N-dealkylation sites (tertiary alicyclic amines) is 1. The van der Waals surface area contributed by atoms with Crippen molar-refractivity contribution >= 4 is 5.91 Å². The van der Waals surface area contributed by atoms with Gasteiger partial charge in [-0.25, -0.2) is 9.97 Å². The Morgan fingerprint density at radius 3 is 2.90 bits per heavy atom. The second-order valence-electron chi connectivity index (χ2n) is 8.36. The number of carbonyl (C=O) groups is 1. The van der Waals surface area contributed by atoms with Gasteiger partial charge in [0.15, 0.2) is 5.82 Å². The molecule has 3 aromatic rings. The Morgan fingerprint density at radius 1 is 1.30 bits per heavy atom. The van der Waals surface area contributed by atoms with Gasteiger partial charge in [-0.2, -0.15) is 4.98 Å². The number of hydrogen-bond acceptors (Lipinski definition) is 7. The van der Waals surface area contributed by atoms with Gasteiger partial charge in [0.25, 0.3) is 5.91 Å². The van der Waals surface area contributed by atoms with Crippen molar-refractivity contribution in [3.05, 3.63) is 71.9 Å². The SMILES string of the molecule is Cc1noc(C23CC(NC(=O)c4ccncn4)CC2CN(Cc2ccccc2)C3)n1. The second kappa shape index (κ2) is 7.60. The molecule has 2 aromatic heterocycles. The maximum Gasteiger partial charge on any atom is 0.270 e. The fraction of sp³-hybridized carbons (Fsp3) is 0.409. The zero-order valence-electron chi connectivity index (χ0n) is 16.9. The van der Waals surface area contributed by atoms with E-state index in [1.54, 1.807) is 12.3 Å². The van der Waals surface area contributed by atoms with E-state index in [0.29, 0.717) is 23.3 Å². The average Bonchev–Trinajstić information content (AvgIpc) is 3.42. The molecule has 1 saturated heterocycles. The monoisotopic (exact) mass is 404 g/mol. The van der Waals surface area contributed by atoms with Crippen LogP contribution >= 0.6 is 0 Å². The Morgan fingerprint density at radius 2 is 2.17 bits per heavy atom. The maximum atomic E-state index is 12.6. The molecule has 1 saturated carbocycles. The molecule has 154 valence electrons. The van der Waals surface area contributed by atoms with E-state index >= 15 is 0 Å². The van der Waals surface area contributed by atoms with Crippen LogP contribution in [0.1, 0.15) is 40.6 Å². The Balaban J connectivity index is 1.35. The van der Waals surface area contributed by atoms with E-state index in [2.05, 4.69) is 54.6 Å². The summed E-state index contributed by atoms with van der Waals surface area (Å²) in [5.41, 5.74) is 1.44. The van der Waals surface area contributed by atoms with Gasteiger partial charge in [-0.15, -0.1) is 0 Å². The summed E-state index contributed by atoms with van der Waals surface area (Å²) in [7, 11) is 0. The number of nitrogens with one attached hydrogen (secondary N) is 1. The van der Waals surface area contributed by atoms with E-state index in [9.17, 15) is 4.79 Å². The molecule has 1 aliphatic heterocycles. The number of fused-ring (bicyclic) bond motifs is 1. The first-order chi connectivity index (χ1) is 14.6. The van der Waals surface area contributed by atoms with Gasteiger partial charge in [0.1, 0.15) is 12.0 Å². The molecule has 3 unspecified atom stereocenters. The van der Waals surface area contributed by atoms with Gasteiger partial charge in [0.2, 0.25) is 5.89 Å². The molecule has 1 amide bonds. The first-order valence-corrected chi connectivity index (χ1v) is 10.3. The summed E-state index contributed by atoms with van der Waals surface area (Å²) in [6.07, 6.45) is 4.63. The van der Waals surface area contributed by atoms with Crippen molar-refractivity contribution in [3.63, 3.8) is 0 Å². The highest BCUT2D eigenvalue weighted by Crippen LogP contribution is 2.50. The van der Waals surface area contributed by atoms with Crippen molar-refractivity contribution in [2.24, 2.45) is 5.92 Å². The maximum absolute atomic E-state index is 12.6. The highest BCUT2D eigenvalue weighted by atomic mass is 16.5. The Bertz CT molecular complexity index is 1020. The van der Waals surface area contributed by atoms with Crippen molar-refractivity contribution in [3.8, 4) is 0 Å². The van der Waals surface area contributed by atoms with Crippen LogP contribution in [0.15, 0.2) is 53.4 Å². The molecule has 1 aliphatic carbocycles. The highest BCUT2D eigenvalue weighted by molar-refractivity contribution is 5.92. The smallest absolute Gasteiger partial charge is 0.270 e. The van der Waals surface area contributed by atoms with Crippen LogP contribution in [0.4, 0.5) is 0 Å². The molecule has 8 heteroatoms. The third-order valence-electron chi connectivity index (χ3n) is 6.30. The minimum Gasteiger partial charge on any atom is -0.348 e. The third-order valence-corrected chi connectivity index (χ3v) is 6.30. The lowest BCUT2D eigenvalue weighted by atomic mass is 9.80. The van der Waals surface area contributed by atoms with E-state index in [1.807, 2.05) is 13.0 Å². The van der Waals surface area contributed by atoms with Crippen LogP contribution in [-0.2, 0) is 12.0 Å². The van der Waals surface area contributed by atoms with Gasteiger partial charge in [0.05, 0.1) is 5.41 Å². The summed E-state index contributed by atoms with van der Waals surface area (Å²) < 4.78 is 5.67. The van der Waals surface area contributed by atoms with Crippen LogP contribution in [-0.4, -0.2) is 50.0 Å². The van der Waals surface area contributed by atoms with Crippen molar-refractivity contribution in [2.45, 2.75) is 37.8 Å². The van der Waals surface area contributed by atoms with Crippen molar-refractivity contribution < 1.29 is 9.32 Å². The molecular formula is C22H24N6O2. The van der Waals surface area contributed by atoms with E-state index in [0.717, 1.165) is 32.5 Å². The molecule has 8 nitrogen and oxygen atoms in total. The standard InChI is InChI=1S/C22H24N6O2/c1-15-25-21(30-27-15)22-10-18(26-20(29)19-7-8-23-14-24-19)9-17(22)12-28(13-22)11-16-5-3-2-4-6-16/h2-8,14,17-18H,9-13H2,1H3,(H,26,29). The lowest BCUT2D eigenvalue weighted by molar-refractivity contribution is 0.0928. The van der Waals surface area contributed by atoms with Gasteiger partial charge < -0.3 is 9.84 Å². The van der Waals surface area contributed by atoms with Crippen molar-refractivity contribution in [1.29, 1.82) is 0 Å². The van der Waals surface area contributed by atoms with E-state index in [4.69, 9.17) is 4.52 Å².